The minimum atomic E-state index is 0.524. The highest BCUT2D eigenvalue weighted by molar-refractivity contribution is 5.50. The third kappa shape index (κ3) is 2.48. The lowest BCUT2D eigenvalue weighted by atomic mass is 9.98. The van der Waals surface area contributed by atoms with Gasteiger partial charge in [-0.2, -0.15) is 0 Å². The van der Waals surface area contributed by atoms with Crippen LogP contribution in [0.2, 0.25) is 0 Å². The van der Waals surface area contributed by atoms with E-state index in [9.17, 15) is 0 Å². The van der Waals surface area contributed by atoms with Crippen molar-refractivity contribution in [2.75, 3.05) is 5.73 Å². The van der Waals surface area contributed by atoms with E-state index < -0.39 is 0 Å². The first-order chi connectivity index (χ1) is 6.15. The van der Waals surface area contributed by atoms with E-state index >= 15 is 0 Å². The Morgan fingerprint density at radius 2 is 2.00 bits per heavy atom. The third-order valence-corrected chi connectivity index (χ3v) is 2.31. The normalized spacial score (nSPS) is 10.8. The van der Waals surface area contributed by atoms with Crippen LogP contribution in [-0.2, 0) is 6.42 Å². The van der Waals surface area contributed by atoms with Gasteiger partial charge in [-0.15, -0.1) is 0 Å². The van der Waals surface area contributed by atoms with Gasteiger partial charge in [0.15, 0.2) is 0 Å². The van der Waals surface area contributed by atoms with Crippen molar-refractivity contribution in [3.05, 3.63) is 29.3 Å². The fraction of sp³-hybridized carbons (Fsp3) is 0.500. The molecule has 0 amide bonds. The van der Waals surface area contributed by atoms with Gasteiger partial charge in [0.05, 0.1) is 0 Å². The second kappa shape index (κ2) is 4.31. The maximum absolute atomic E-state index is 5.95. The Hall–Kier alpha value is -0.980. The molecular weight excluding hydrogens is 158 g/mol. The van der Waals surface area contributed by atoms with Gasteiger partial charge in [-0.05, 0) is 29.5 Å². The molecule has 0 spiro atoms. The van der Waals surface area contributed by atoms with Gasteiger partial charge in [-0.25, -0.2) is 0 Å². The van der Waals surface area contributed by atoms with Gasteiger partial charge in [-0.1, -0.05) is 39.3 Å². The molecule has 0 aromatic heterocycles. The largest absolute Gasteiger partial charge is 0.398 e. The molecule has 0 aliphatic carbocycles. The first kappa shape index (κ1) is 10.1. The van der Waals surface area contributed by atoms with Gasteiger partial charge >= 0.3 is 0 Å². The Morgan fingerprint density at radius 3 is 2.46 bits per heavy atom. The van der Waals surface area contributed by atoms with E-state index in [0.717, 1.165) is 12.1 Å². The predicted octanol–water partition coefficient (Wildman–Crippen LogP) is 3.34. The van der Waals surface area contributed by atoms with E-state index in [0.29, 0.717) is 5.92 Å². The molecule has 0 aliphatic heterocycles. The average molecular weight is 177 g/mol. The summed E-state index contributed by atoms with van der Waals surface area (Å²) in [4.78, 5) is 0. The lowest BCUT2D eigenvalue weighted by molar-refractivity contribution is 0.864. The van der Waals surface area contributed by atoms with E-state index in [-0.39, 0.29) is 0 Å². The number of nitrogens with two attached hydrogens (primary N) is 1. The molecule has 0 saturated heterocycles. The van der Waals surface area contributed by atoms with Crippen molar-refractivity contribution < 1.29 is 0 Å². The van der Waals surface area contributed by atoms with Gasteiger partial charge < -0.3 is 5.73 Å². The van der Waals surface area contributed by atoms with Crippen LogP contribution < -0.4 is 5.73 Å². The van der Waals surface area contributed by atoms with Crippen LogP contribution >= 0.6 is 0 Å². The number of nitrogen functional groups attached to an aromatic ring is 1. The van der Waals surface area contributed by atoms with Gasteiger partial charge in [0.25, 0.3) is 0 Å². The molecule has 0 saturated carbocycles. The summed E-state index contributed by atoms with van der Waals surface area (Å²) in [6.07, 6.45) is 2.31. The lowest BCUT2D eigenvalue weighted by Gasteiger charge is -2.10. The molecule has 1 aromatic rings. The minimum absolute atomic E-state index is 0.524. The number of hydrogen-bond donors (Lipinski definition) is 1. The molecule has 1 rings (SSSR count). The van der Waals surface area contributed by atoms with Gasteiger partial charge in [-0.3, -0.25) is 0 Å². The second-order valence-corrected chi connectivity index (χ2v) is 3.87. The summed E-state index contributed by atoms with van der Waals surface area (Å²) < 4.78 is 0. The van der Waals surface area contributed by atoms with Crippen LogP contribution in [0, 0.1) is 0 Å². The lowest BCUT2D eigenvalue weighted by Crippen LogP contribution is -1.97. The minimum Gasteiger partial charge on any atom is -0.398 e. The molecule has 0 bridgehead atoms. The van der Waals surface area contributed by atoms with Gasteiger partial charge in [0.1, 0.15) is 0 Å². The molecule has 0 fully saturated rings. The van der Waals surface area contributed by atoms with Crippen LogP contribution in [-0.4, -0.2) is 0 Å². The molecule has 2 N–H and O–H groups in total. The fourth-order valence-corrected chi connectivity index (χ4v) is 1.59. The van der Waals surface area contributed by atoms with E-state index in [4.69, 9.17) is 5.73 Å². The average Bonchev–Trinajstić information content (AvgIpc) is 2.04. The van der Waals surface area contributed by atoms with E-state index in [1.54, 1.807) is 0 Å². The zero-order valence-electron chi connectivity index (χ0n) is 8.80. The standard InChI is InChI=1S/C12H19N/c1-4-5-10-6-7-11(9(2)3)12(13)8-10/h6-9H,4-5,13H2,1-3H3. The summed E-state index contributed by atoms with van der Waals surface area (Å²) in [5.41, 5.74) is 9.51. The molecule has 72 valence electrons. The van der Waals surface area contributed by atoms with Crippen molar-refractivity contribution in [2.24, 2.45) is 0 Å². The van der Waals surface area contributed by atoms with Crippen molar-refractivity contribution in [1.82, 2.24) is 0 Å². The van der Waals surface area contributed by atoms with E-state index in [2.05, 4.69) is 39.0 Å². The third-order valence-electron chi connectivity index (χ3n) is 2.31. The number of benzene rings is 1. The number of hydrogen-bond acceptors (Lipinski definition) is 1. The molecule has 0 aliphatic rings. The summed E-state index contributed by atoms with van der Waals surface area (Å²) in [5, 5.41) is 0. The Balaban J connectivity index is 2.92. The van der Waals surface area contributed by atoms with Gasteiger partial charge in [0.2, 0.25) is 0 Å². The number of rotatable bonds is 3. The van der Waals surface area contributed by atoms with Gasteiger partial charge in [0, 0.05) is 5.69 Å². The van der Waals surface area contributed by atoms with E-state index in [1.165, 1.54) is 17.5 Å². The first-order valence-corrected chi connectivity index (χ1v) is 5.03. The van der Waals surface area contributed by atoms with Crippen LogP contribution in [0.1, 0.15) is 44.2 Å². The summed E-state index contributed by atoms with van der Waals surface area (Å²) in [5.74, 6) is 0.524. The Labute approximate surface area is 81.0 Å². The molecule has 1 heteroatoms. The van der Waals surface area contributed by atoms with Crippen LogP contribution in [0.25, 0.3) is 0 Å². The number of aryl methyl sites for hydroxylation is 1. The Kier molecular flexibility index (Phi) is 3.35. The highest BCUT2D eigenvalue weighted by Gasteiger charge is 2.03. The molecule has 0 atom stereocenters. The fourth-order valence-electron chi connectivity index (χ4n) is 1.59. The van der Waals surface area contributed by atoms with Crippen molar-refractivity contribution in [3.8, 4) is 0 Å². The van der Waals surface area contributed by atoms with Crippen molar-refractivity contribution in [1.29, 1.82) is 0 Å². The zero-order valence-corrected chi connectivity index (χ0v) is 8.80. The maximum atomic E-state index is 5.95. The monoisotopic (exact) mass is 177 g/mol. The molecule has 1 aromatic carbocycles. The quantitative estimate of drug-likeness (QED) is 0.704. The zero-order chi connectivity index (χ0) is 9.84. The summed E-state index contributed by atoms with van der Waals surface area (Å²) in [6.45, 7) is 6.53. The first-order valence-electron chi connectivity index (χ1n) is 5.03. The Bertz CT molecular complexity index is 276. The molecule has 13 heavy (non-hydrogen) atoms. The van der Waals surface area contributed by atoms with Crippen molar-refractivity contribution in [3.63, 3.8) is 0 Å². The SMILES string of the molecule is CCCc1ccc(C(C)C)c(N)c1. The predicted molar refractivity (Wildman–Crippen MR) is 58.9 cm³/mol. The van der Waals surface area contributed by atoms with Crippen LogP contribution in [0.5, 0.6) is 0 Å². The molecular formula is C12H19N. The van der Waals surface area contributed by atoms with Crippen molar-refractivity contribution >= 4 is 5.69 Å². The number of anilines is 1. The molecule has 1 nitrogen and oxygen atoms in total. The van der Waals surface area contributed by atoms with Crippen LogP contribution in [0.15, 0.2) is 18.2 Å². The molecule has 0 unspecified atom stereocenters. The smallest absolute Gasteiger partial charge is 0.0351 e. The summed E-state index contributed by atoms with van der Waals surface area (Å²) in [6, 6.07) is 6.46. The second-order valence-electron chi connectivity index (χ2n) is 3.87. The van der Waals surface area contributed by atoms with Crippen LogP contribution in [0.3, 0.4) is 0 Å². The van der Waals surface area contributed by atoms with Crippen LogP contribution in [0.4, 0.5) is 5.69 Å². The molecule has 0 heterocycles. The molecule has 0 radical (unpaired) electrons. The Morgan fingerprint density at radius 1 is 1.31 bits per heavy atom. The highest BCUT2D eigenvalue weighted by atomic mass is 14.6. The topological polar surface area (TPSA) is 26.0 Å². The highest BCUT2D eigenvalue weighted by Crippen LogP contribution is 2.23. The van der Waals surface area contributed by atoms with Crippen molar-refractivity contribution in [2.45, 2.75) is 39.5 Å². The summed E-state index contributed by atoms with van der Waals surface area (Å²) in [7, 11) is 0. The summed E-state index contributed by atoms with van der Waals surface area (Å²) >= 11 is 0. The van der Waals surface area contributed by atoms with E-state index in [1.807, 2.05) is 0 Å². The maximum Gasteiger partial charge on any atom is 0.0351 e.